The number of carbonyl (C=O) groups excluding carboxylic acids is 1. The number of carbonyl (C=O) groups is 1. The molecule has 0 amide bonds. The number of rotatable bonds is 10. The fraction of sp³-hybridized carbons (Fsp3) is 0.174. The third-order valence-corrected chi connectivity index (χ3v) is 9.53. The number of Topliss-reactive ketones (excluding diaryl/α,β-unsaturated/α-hetero) is 1. The Morgan fingerprint density at radius 1 is 0.538 bits per heavy atom. The number of ketones is 1. The zero-order chi connectivity index (χ0) is 36.2. The maximum Gasteiger partial charge on any atom is 0.269 e. The van der Waals surface area contributed by atoms with Crippen LogP contribution in [0.3, 0.4) is 0 Å². The first-order valence-corrected chi connectivity index (χ1v) is 17.2. The Kier molecular flexibility index (Phi) is 11.8. The van der Waals surface area contributed by atoms with E-state index in [4.69, 9.17) is 4.99 Å². The van der Waals surface area contributed by atoms with Crippen molar-refractivity contribution in [1.29, 1.82) is 0 Å². The zero-order valence-corrected chi connectivity index (χ0v) is 31.3. The van der Waals surface area contributed by atoms with Crippen molar-refractivity contribution < 1.29 is 26.2 Å². The zero-order valence-electron chi connectivity index (χ0n) is 30.3. The van der Waals surface area contributed by atoms with Crippen LogP contribution in [0.15, 0.2) is 138 Å². The Hall–Kier alpha value is -5.45. The van der Waals surface area contributed by atoms with Crippen LogP contribution in [0.5, 0.6) is 0 Å². The molecule has 0 N–H and O–H groups in total. The molecule has 52 heavy (non-hydrogen) atoms. The van der Waals surface area contributed by atoms with Gasteiger partial charge in [0.05, 0.1) is 16.3 Å². The van der Waals surface area contributed by atoms with Crippen LogP contribution in [0.2, 0.25) is 0 Å². The SMILES string of the molecule is CC(=Nc1c(C(c2ccc(C)cc2)c2ccc(C)cc2)cc(C)cc1C(c1ccc(C)cc1)c1ccc(C)cc1)C(=O)c1ccc([N+](=O)[O-])cc1.[Ni]. The van der Waals surface area contributed by atoms with Crippen LogP contribution in [-0.2, 0) is 16.5 Å². The average Bonchev–Trinajstić information content (AvgIpc) is 3.12. The monoisotopic (exact) mass is 728 g/mol. The van der Waals surface area contributed by atoms with Gasteiger partial charge in [-0.15, -0.1) is 0 Å². The molecule has 0 aliphatic heterocycles. The van der Waals surface area contributed by atoms with Gasteiger partial charge in [-0.05, 0) is 87.1 Å². The van der Waals surface area contributed by atoms with E-state index in [1.54, 1.807) is 6.92 Å². The number of nitrogens with zero attached hydrogens (tertiary/aromatic N) is 2. The minimum atomic E-state index is -0.466. The quantitative estimate of drug-likeness (QED) is 0.0352. The maximum absolute atomic E-state index is 14.0. The molecule has 0 aliphatic rings. The summed E-state index contributed by atoms with van der Waals surface area (Å²) in [7, 11) is 0. The molecule has 0 unspecified atom stereocenters. The second-order valence-electron chi connectivity index (χ2n) is 13.6. The Morgan fingerprint density at radius 2 is 0.865 bits per heavy atom. The fourth-order valence-corrected chi connectivity index (χ4v) is 6.71. The normalized spacial score (nSPS) is 11.4. The summed E-state index contributed by atoms with van der Waals surface area (Å²) in [5.74, 6) is -0.642. The first-order chi connectivity index (χ1) is 24.5. The summed E-state index contributed by atoms with van der Waals surface area (Å²) < 4.78 is 0. The van der Waals surface area contributed by atoms with Gasteiger partial charge < -0.3 is 0 Å². The van der Waals surface area contributed by atoms with Crippen molar-refractivity contribution in [2.45, 2.75) is 53.4 Å². The predicted octanol–water partition coefficient (Wildman–Crippen LogP) is 11.5. The minimum absolute atomic E-state index is 0. The van der Waals surface area contributed by atoms with E-state index < -0.39 is 4.92 Å². The van der Waals surface area contributed by atoms with Gasteiger partial charge in [0.15, 0.2) is 0 Å². The molecular weight excluding hydrogens is 687 g/mol. The molecule has 6 aromatic carbocycles. The number of hydrogen-bond donors (Lipinski definition) is 0. The van der Waals surface area contributed by atoms with Gasteiger partial charge in [0.1, 0.15) is 0 Å². The van der Waals surface area contributed by atoms with E-state index in [2.05, 4.69) is 144 Å². The molecule has 264 valence electrons. The molecule has 0 spiro atoms. The first-order valence-electron chi connectivity index (χ1n) is 17.2. The van der Waals surface area contributed by atoms with Gasteiger partial charge in [-0.2, -0.15) is 0 Å². The van der Waals surface area contributed by atoms with Crippen molar-refractivity contribution in [1.82, 2.24) is 0 Å². The number of aryl methyl sites for hydroxylation is 5. The molecular formula is C46H42N2NiO3. The predicted molar refractivity (Wildman–Crippen MR) is 208 cm³/mol. The van der Waals surface area contributed by atoms with Crippen LogP contribution >= 0.6 is 0 Å². The van der Waals surface area contributed by atoms with Crippen LogP contribution in [0.25, 0.3) is 0 Å². The molecule has 6 rings (SSSR count). The molecule has 0 fully saturated rings. The van der Waals surface area contributed by atoms with E-state index in [-0.39, 0.29) is 39.8 Å². The van der Waals surface area contributed by atoms with E-state index in [1.807, 2.05) is 0 Å². The van der Waals surface area contributed by atoms with Crippen LogP contribution in [0.1, 0.15) is 90.3 Å². The van der Waals surface area contributed by atoms with Gasteiger partial charge >= 0.3 is 0 Å². The molecule has 6 aromatic rings. The van der Waals surface area contributed by atoms with Crippen molar-refractivity contribution >= 4 is 22.9 Å². The minimum Gasteiger partial charge on any atom is -0.287 e. The maximum atomic E-state index is 14.0. The summed E-state index contributed by atoms with van der Waals surface area (Å²) in [6, 6.07) is 44.7. The van der Waals surface area contributed by atoms with Crippen molar-refractivity contribution in [3.05, 3.63) is 210 Å². The van der Waals surface area contributed by atoms with Gasteiger partial charge in [0.2, 0.25) is 5.78 Å². The van der Waals surface area contributed by atoms with Gasteiger partial charge in [-0.1, -0.05) is 137 Å². The molecule has 6 heteroatoms. The van der Waals surface area contributed by atoms with E-state index in [0.29, 0.717) is 11.3 Å². The standard InChI is InChI=1S/C46H42N2O3.Ni/c1-29-7-15-35(16-8-29)43(36-17-9-30(2)10-18-36)41-27-33(5)28-42(44(37-19-11-31(3)12-20-37)38-21-13-32(4)14-22-38)45(41)47-34(6)46(49)39-23-25-40(26-24-39)48(50)51;/h7-28,43-44H,1-6H3;. The number of nitro benzene ring substituents is 1. The van der Waals surface area contributed by atoms with Gasteiger partial charge in [-0.25, -0.2) is 4.99 Å². The van der Waals surface area contributed by atoms with Crippen LogP contribution in [0.4, 0.5) is 11.4 Å². The Labute approximate surface area is 316 Å². The largest absolute Gasteiger partial charge is 0.287 e. The van der Waals surface area contributed by atoms with E-state index in [1.165, 1.54) is 46.5 Å². The second-order valence-corrected chi connectivity index (χ2v) is 13.6. The average molecular weight is 730 g/mol. The fourth-order valence-electron chi connectivity index (χ4n) is 6.71. The Bertz CT molecular complexity index is 2010. The van der Waals surface area contributed by atoms with E-state index >= 15 is 0 Å². The first kappa shape index (κ1) is 37.8. The summed E-state index contributed by atoms with van der Waals surface area (Å²) in [6.07, 6.45) is 0. The van der Waals surface area contributed by atoms with Crippen molar-refractivity contribution in [3.63, 3.8) is 0 Å². The Balaban J connectivity index is 0.00000523. The van der Waals surface area contributed by atoms with Crippen molar-refractivity contribution in [3.8, 4) is 0 Å². The molecule has 0 aromatic heterocycles. The summed E-state index contributed by atoms with van der Waals surface area (Å²) in [6.45, 7) is 12.2. The van der Waals surface area contributed by atoms with Crippen molar-refractivity contribution in [2.24, 2.45) is 4.99 Å². The summed E-state index contributed by atoms with van der Waals surface area (Å²) in [5.41, 5.74) is 13.6. The van der Waals surface area contributed by atoms with E-state index in [9.17, 15) is 14.9 Å². The Morgan fingerprint density at radius 3 is 1.17 bits per heavy atom. The number of non-ortho nitro benzene ring substituents is 1. The second kappa shape index (κ2) is 16.3. The third kappa shape index (κ3) is 8.36. The smallest absolute Gasteiger partial charge is 0.269 e. The molecule has 5 nitrogen and oxygen atoms in total. The molecule has 0 aliphatic carbocycles. The molecule has 0 bridgehead atoms. The number of aliphatic imine (C=N–C) groups is 1. The topological polar surface area (TPSA) is 72.6 Å². The van der Waals surface area contributed by atoms with Gasteiger partial charge in [0.25, 0.3) is 5.69 Å². The molecule has 0 atom stereocenters. The summed E-state index contributed by atoms with van der Waals surface area (Å²) in [5, 5.41) is 11.3. The molecule has 0 saturated carbocycles. The summed E-state index contributed by atoms with van der Waals surface area (Å²) in [4.78, 5) is 30.1. The molecule has 0 saturated heterocycles. The van der Waals surface area contributed by atoms with Crippen LogP contribution in [-0.4, -0.2) is 16.4 Å². The summed E-state index contributed by atoms with van der Waals surface area (Å²) >= 11 is 0. The van der Waals surface area contributed by atoms with Crippen LogP contribution < -0.4 is 0 Å². The molecule has 0 radical (unpaired) electrons. The number of benzene rings is 6. The third-order valence-electron chi connectivity index (χ3n) is 9.53. The van der Waals surface area contributed by atoms with Crippen molar-refractivity contribution in [2.75, 3.05) is 0 Å². The van der Waals surface area contributed by atoms with Gasteiger partial charge in [-0.3, -0.25) is 14.9 Å². The number of hydrogen-bond acceptors (Lipinski definition) is 4. The number of nitro groups is 1. The van der Waals surface area contributed by atoms with E-state index in [0.717, 1.165) is 44.6 Å². The molecule has 0 heterocycles. The van der Waals surface area contributed by atoms with Crippen LogP contribution in [0, 0.1) is 44.7 Å². The van der Waals surface area contributed by atoms with Gasteiger partial charge in [0, 0.05) is 46.0 Å².